The number of ether oxygens (including phenoxy) is 1. The molecule has 1 aliphatic rings. The molecule has 0 aliphatic carbocycles. The molecule has 4 heteroatoms. The van der Waals surface area contributed by atoms with Crippen LogP contribution in [0.4, 0.5) is 0 Å². The predicted molar refractivity (Wildman–Crippen MR) is 53.8 cm³/mol. The van der Waals surface area contributed by atoms with E-state index in [0.717, 1.165) is 38.2 Å². The summed E-state index contributed by atoms with van der Waals surface area (Å²) in [5, 5.41) is 3.72. The zero-order chi connectivity index (χ0) is 10.7. The van der Waals surface area contributed by atoms with Crippen molar-refractivity contribution >= 4 is 5.78 Å². The molecule has 1 aromatic heterocycles. The minimum absolute atomic E-state index is 0.0510. The van der Waals surface area contributed by atoms with E-state index in [2.05, 4.69) is 5.16 Å². The maximum Gasteiger partial charge on any atom is 0.181 e. The smallest absolute Gasteiger partial charge is 0.181 e. The molecule has 1 aliphatic heterocycles. The molecule has 15 heavy (non-hydrogen) atoms. The second-order valence-corrected chi connectivity index (χ2v) is 4.02. The average Bonchev–Trinajstić information content (AvgIpc) is 2.68. The Hall–Kier alpha value is -1.16. The van der Waals surface area contributed by atoms with Crippen molar-refractivity contribution < 1.29 is 14.1 Å². The van der Waals surface area contributed by atoms with Crippen molar-refractivity contribution in [3.63, 3.8) is 0 Å². The van der Waals surface area contributed by atoms with E-state index in [-0.39, 0.29) is 5.78 Å². The van der Waals surface area contributed by atoms with Crippen molar-refractivity contribution in [3.8, 4) is 0 Å². The number of Topliss-reactive ketones (excluding diaryl/α,β-unsaturated/α-hetero) is 1. The van der Waals surface area contributed by atoms with Gasteiger partial charge in [-0.05, 0) is 18.8 Å². The molecule has 0 spiro atoms. The van der Waals surface area contributed by atoms with Crippen LogP contribution in [0.5, 0.6) is 0 Å². The molecule has 0 N–H and O–H groups in total. The van der Waals surface area contributed by atoms with Crippen LogP contribution in [0.3, 0.4) is 0 Å². The van der Waals surface area contributed by atoms with E-state index in [4.69, 9.17) is 9.26 Å². The molecule has 4 nitrogen and oxygen atoms in total. The van der Waals surface area contributed by atoms with Crippen LogP contribution in [-0.2, 0) is 11.2 Å². The van der Waals surface area contributed by atoms with E-state index in [9.17, 15) is 4.79 Å². The van der Waals surface area contributed by atoms with Crippen LogP contribution in [-0.4, -0.2) is 24.2 Å². The summed E-state index contributed by atoms with van der Waals surface area (Å²) in [5.41, 5.74) is 0.418. The average molecular weight is 209 g/mol. The molecule has 0 saturated carbocycles. The summed E-state index contributed by atoms with van der Waals surface area (Å²) < 4.78 is 10.5. The molecule has 2 rings (SSSR count). The van der Waals surface area contributed by atoms with Gasteiger partial charge in [-0.3, -0.25) is 4.79 Å². The molecule has 1 saturated heterocycles. The van der Waals surface area contributed by atoms with Gasteiger partial charge in [-0.15, -0.1) is 0 Å². The van der Waals surface area contributed by atoms with Gasteiger partial charge in [-0.1, -0.05) is 5.16 Å². The molecule has 82 valence electrons. The third-order valence-corrected chi connectivity index (χ3v) is 2.66. The van der Waals surface area contributed by atoms with E-state index >= 15 is 0 Å². The fourth-order valence-corrected chi connectivity index (χ4v) is 1.83. The molecule has 1 atom stereocenters. The number of carbonyl (C=O) groups excluding carboxylic acids is 1. The van der Waals surface area contributed by atoms with Crippen molar-refractivity contribution in [1.29, 1.82) is 0 Å². The highest BCUT2D eigenvalue weighted by atomic mass is 16.5. The first-order chi connectivity index (χ1) is 7.25. The van der Waals surface area contributed by atoms with Crippen LogP contribution in [0.15, 0.2) is 10.6 Å². The van der Waals surface area contributed by atoms with Gasteiger partial charge in [0.2, 0.25) is 0 Å². The summed E-state index contributed by atoms with van der Waals surface area (Å²) in [7, 11) is 0. The lowest BCUT2D eigenvalue weighted by molar-refractivity contribution is 0.0525. The molecule has 1 unspecified atom stereocenters. The van der Waals surface area contributed by atoms with E-state index in [0.29, 0.717) is 11.6 Å². The van der Waals surface area contributed by atoms with Gasteiger partial charge in [0.1, 0.15) is 11.5 Å². The number of rotatable bonds is 3. The summed E-state index contributed by atoms with van der Waals surface area (Å²) in [6.45, 7) is 3.15. The Morgan fingerprint density at radius 3 is 3.13 bits per heavy atom. The minimum atomic E-state index is -0.0510. The van der Waals surface area contributed by atoms with Gasteiger partial charge in [0.05, 0.1) is 0 Å². The number of carbonyl (C=O) groups is 1. The highest BCUT2D eigenvalue weighted by Crippen LogP contribution is 2.19. The highest BCUT2D eigenvalue weighted by Gasteiger charge is 2.17. The summed E-state index contributed by atoms with van der Waals surface area (Å²) in [5.74, 6) is 1.24. The van der Waals surface area contributed by atoms with Crippen LogP contribution in [0.2, 0.25) is 0 Å². The summed E-state index contributed by atoms with van der Waals surface area (Å²) in [4.78, 5) is 11.0. The number of nitrogens with zero attached hydrogens (tertiary/aromatic N) is 1. The molecule has 1 fully saturated rings. The topological polar surface area (TPSA) is 52.3 Å². The van der Waals surface area contributed by atoms with Crippen LogP contribution in [0.1, 0.15) is 36.0 Å². The zero-order valence-electron chi connectivity index (χ0n) is 8.86. The lowest BCUT2D eigenvalue weighted by atomic mass is 9.97. The quantitative estimate of drug-likeness (QED) is 0.713. The van der Waals surface area contributed by atoms with Gasteiger partial charge in [-0.2, -0.15) is 0 Å². The molecule has 0 bridgehead atoms. The van der Waals surface area contributed by atoms with Crippen molar-refractivity contribution in [1.82, 2.24) is 5.16 Å². The number of aromatic nitrogens is 1. The molecule has 2 heterocycles. The fraction of sp³-hybridized carbons (Fsp3) is 0.636. The lowest BCUT2D eigenvalue weighted by Gasteiger charge is -2.20. The van der Waals surface area contributed by atoms with E-state index in [1.807, 2.05) is 0 Å². The Kier molecular flexibility index (Phi) is 3.16. The van der Waals surface area contributed by atoms with Gasteiger partial charge in [-0.25, -0.2) is 0 Å². The molecular weight excluding hydrogens is 194 g/mol. The first kappa shape index (κ1) is 10.4. The Morgan fingerprint density at radius 1 is 1.67 bits per heavy atom. The Morgan fingerprint density at radius 2 is 2.53 bits per heavy atom. The van der Waals surface area contributed by atoms with Gasteiger partial charge >= 0.3 is 0 Å². The first-order valence-electron chi connectivity index (χ1n) is 5.30. The van der Waals surface area contributed by atoms with Crippen molar-refractivity contribution in [2.45, 2.75) is 26.2 Å². The summed E-state index contributed by atoms with van der Waals surface area (Å²) in [6, 6.07) is 1.73. The molecule has 1 aromatic rings. The third kappa shape index (κ3) is 2.65. The van der Waals surface area contributed by atoms with Crippen molar-refractivity contribution in [2.75, 3.05) is 13.2 Å². The molecule has 0 amide bonds. The van der Waals surface area contributed by atoms with E-state index in [1.54, 1.807) is 6.07 Å². The van der Waals surface area contributed by atoms with Crippen LogP contribution in [0, 0.1) is 5.92 Å². The first-order valence-corrected chi connectivity index (χ1v) is 5.30. The largest absolute Gasteiger partial charge is 0.381 e. The molecular formula is C11H15NO3. The number of hydrogen-bond donors (Lipinski definition) is 0. The van der Waals surface area contributed by atoms with Crippen molar-refractivity contribution in [2.24, 2.45) is 5.92 Å². The van der Waals surface area contributed by atoms with Gasteiger partial charge < -0.3 is 9.26 Å². The summed E-state index contributed by atoms with van der Waals surface area (Å²) in [6.07, 6.45) is 3.09. The molecule has 0 aromatic carbocycles. The zero-order valence-corrected chi connectivity index (χ0v) is 8.86. The van der Waals surface area contributed by atoms with Crippen LogP contribution < -0.4 is 0 Å². The lowest BCUT2D eigenvalue weighted by Crippen LogP contribution is -2.18. The maximum absolute atomic E-state index is 11.0. The predicted octanol–water partition coefficient (Wildman–Crippen LogP) is 1.85. The number of hydrogen-bond acceptors (Lipinski definition) is 4. The fourth-order valence-electron chi connectivity index (χ4n) is 1.83. The summed E-state index contributed by atoms with van der Waals surface area (Å²) >= 11 is 0. The van der Waals surface area contributed by atoms with Crippen LogP contribution >= 0.6 is 0 Å². The normalized spacial score (nSPS) is 21.5. The number of ketones is 1. The van der Waals surface area contributed by atoms with E-state index in [1.165, 1.54) is 6.92 Å². The highest BCUT2D eigenvalue weighted by molar-refractivity contribution is 5.91. The minimum Gasteiger partial charge on any atom is -0.381 e. The third-order valence-electron chi connectivity index (χ3n) is 2.66. The van der Waals surface area contributed by atoms with Gasteiger partial charge in [0.15, 0.2) is 5.78 Å². The monoisotopic (exact) mass is 209 g/mol. The standard InChI is InChI=1S/C11H15NO3/c1-8(13)11-6-10(15-12-11)5-9-3-2-4-14-7-9/h6,9H,2-5,7H2,1H3. The maximum atomic E-state index is 11.0. The van der Waals surface area contributed by atoms with E-state index < -0.39 is 0 Å². The van der Waals surface area contributed by atoms with Crippen molar-refractivity contribution in [3.05, 3.63) is 17.5 Å². The Labute approximate surface area is 88.6 Å². The second kappa shape index (κ2) is 4.57. The Bertz CT molecular complexity index is 339. The second-order valence-electron chi connectivity index (χ2n) is 4.02. The van der Waals surface area contributed by atoms with Gasteiger partial charge in [0.25, 0.3) is 0 Å². The Balaban J connectivity index is 1.94. The molecule has 0 radical (unpaired) electrons. The SMILES string of the molecule is CC(=O)c1cc(CC2CCCOC2)on1. The van der Waals surface area contributed by atoms with Gasteiger partial charge in [0, 0.05) is 32.6 Å². The van der Waals surface area contributed by atoms with Crippen LogP contribution in [0.25, 0.3) is 0 Å².